The Balaban J connectivity index is 1.90. The van der Waals surface area contributed by atoms with Gasteiger partial charge in [0.2, 0.25) is 0 Å². The first kappa shape index (κ1) is 17.5. The highest BCUT2D eigenvalue weighted by Crippen LogP contribution is 2.34. The first-order valence-electron chi connectivity index (χ1n) is 7.48. The van der Waals surface area contributed by atoms with Crippen molar-refractivity contribution in [3.8, 4) is 11.5 Å². The Hall–Kier alpha value is -1.83. The highest BCUT2D eigenvalue weighted by atomic mass is 35.5. The molecule has 0 atom stereocenters. The molecule has 3 N–H and O–H groups in total. The van der Waals surface area contributed by atoms with Crippen molar-refractivity contribution in [1.29, 1.82) is 0 Å². The molecule has 1 aromatic carbocycles. The van der Waals surface area contributed by atoms with E-state index in [0.29, 0.717) is 31.9 Å². The van der Waals surface area contributed by atoms with E-state index < -0.39 is 0 Å². The fraction of sp³-hybridized carbons (Fsp3) is 0.467. The fourth-order valence-corrected chi connectivity index (χ4v) is 2.44. The molecule has 1 aromatic rings. The zero-order valence-corrected chi connectivity index (χ0v) is 13.7. The lowest BCUT2D eigenvalue weighted by Gasteiger charge is -2.22. The monoisotopic (exact) mass is 342 g/mol. The van der Waals surface area contributed by atoms with Crippen LogP contribution < -0.4 is 15.1 Å². The zero-order chi connectivity index (χ0) is 16.7. The van der Waals surface area contributed by atoms with Crippen molar-refractivity contribution < 1.29 is 24.3 Å². The number of hydrazone groups is 1. The number of nitrogens with zero attached hydrogens (tertiary/aromatic N) is 1. The third-order valence-electron chi connectivity index (χ3n) is 3.36. The molecule has 1 aliphatic heterocycles. The third-order valence-corrected chi connectivity index (χ3v) is 3.65. The number of carbonyl (C=O) groups is 1. The Morgan fingerprint density at radius 3 is 2.96 bits per heavy atom. The van der Waals surface area contributed by atoms with Gasteiger partial charge in [0.25, 0.3) is 5.91 Å². The SMILES string of the molecule is CCOc1cc(/C=N/NC(=O)C[NH+]2CCOCC2)cc(Cl)c1O. The smallest absolute Gasteiger partial charge is 0.295 e. The van der Waals surface area contributed by atoms with Crippen molar-refractivity contribution in [2.75, 3.05) is 39.5 Å². The maximum atomic E-state index is 11.8. The Morgan fingerprint density at radius 2 is 2.26 bits per heavy atom. The van der Waals surface area contributed by atoms with Crippen LogP contribution in [0.25, 0.3) is 0 Å². The number of amides is 1. The molecule has 0 aromatic heterocycles. The van der Waals surface area contributed by atoms with Gasteiger partial charge in [-0.1, -0.05) is 11.6 Å². The first-order chi connectivity index (χ1) is 11.1. The molecule has 126 valence electrons. The molecule has 1 amide bonds. The van der Waals surface area contributed by atoms with Gasteiger partial charge in [-0.25, -0.2) is 5.43 Å². The molecule has 1 saturated heterocycles. The minimum Gasteiger partial charge on any atom is -0.503 e. The van der Waals surface area contributed by atoms with E-state index in [4.69, 9.17) is 21.1 Å². The number of phenols is 1. The average molecular weight is 343 g/mol. The zero-order valence-electron chi connectivity index (χ0n) is 13.0. The van der Waals surface area contributed by atoms with E-state index in [0.717, 1.165) is 13.1 Å². The predicted molar refractivity (Wildman–Crippen MR) is 86.4 cm³/mol. The molecule has 0 aliphatic carbocycles. The van der Waals surface area contributed by atoms with Gasteiger partial charge in [-0.2, -0.15) is 5.10 Å². The fourth-order valence-electron chi connectivity index (χ4n) is 2.22. The summed E-state index contributed by atoms with van der Waals surface area (Å²) >= 11 is 5.93. The lowest BCUT2D eigenvalue weighted by atomic mass is 10.2. The Kier molecular flexibility index (Phi) is 6.64. The largest absolute Gasteiger partial charge is 0.503 e. The summed E-state index contributed by atoms with van der Waals surface area (Å²) in [5, 5.41) is 13.8. The van der Waals surface area contributed by atoms with Crippen molar-refractivity contribution >= 4 is 23.7 Å². The highest BCUT2D eigenvalue weighted by molar-refractivity contribution is 6.32. The standard InChI is InChI=1S/C15H20ClN3O4/c1-2-23-13-8-11(7-12(16)15(13)21)9-17-18-14(20)10-19-3-5-22-6-4-19/h7-9,21H,2-6,10H2,1H3,(H,18,20)/p+1/b17-9+. The van der Waals surface area contributed by atoms with Gasteiger partial charge in [-0.3, -0.25) is 4.79 Å². The van der Waals surface area contributed by atoms with E-state index in [9.17, 15) is 9.90 Å². The number of hydrogen-bond acceptors (Lipinski definition) is 5. The number of nitrogens with one attached hydrogen (secondary N) is 2. The van der Waals surface area contributed by atoms with Crippen molar-refractivity contribution in [3.05, 3.63) is 22.7 Å². The van der Waals surface area contributed by atoms with E-state index in [1.165, 1.54) is 11.1 Å². The van der Waals surface area contributed by atoms with Crippen LogP contribution in [0, 0.1) is 0 Å². The van der Waals surface area contributed by atoms with Crippen LogP contribution in [0.5, 0.6) is 11.5 Å². The van der Waals surface area contributed by atoms with Crippen molar-refractivity contribution in [2.45, 2.75) is 6.92 Å². The molecule has 0 radical (unpaired) electrons. The van der Waals surface area contributed by atoms with Gasteiger partial charge in [0.05, 0.1) is 31.1 Å². The summed E-state index contributed by atoms with van der Waals surface area (Å²) < 4.78 is 10.5. The van der Waals surface area contributed by atoms with E-state index in [2.05, 4.69) is 10.5 Å². The van der Waals surface area contributed by atoms with Gasteiger partial charge >= 0.3 is 0 Å². The molecule has 0 bridgehead atoms. The predicted octanol–water partition coefficient (Wildman–Crippen LogP) is -0.190. The van der Waals surface area contributed by atoms with Crippen molar-refractivity contribution in [1.82, 2.24) is 5.43 Å². The van der Waals surface area contributed by atoms with Crippen LogP contribution in [-0.2, 0) is 9.53 Å². The van der Waals surface area contributed by atoms with E-state index in [1.54, 1.807) is 12.1 Å². The Bertz CT molecular complexity index is 574. The molecule has 23 heavy (non-hydrogen) atoms. The van der Waals surface area contributed by atoms with Gasteiger partial charge in [-0.05, 0) is 24.6 Å². The summed E-state index contributed by atoms with van der Waals surface area (Å²) in [6.07, 6.45) is 1.46. The number of carbonyl (C=O) groups excluding carboxylic acids is 1. The lowest BCUT2D eigenvalue weighted by molar-refractivity contribution is -0.900. The number of hydrogen-bond donors (Lipinski definition) is 3. The molecular weight excluding hydrogens is 322 g/mol. The number of quaternary nitrogens is 1. The minimum atomic E-state index is -0.159. The summed E-state index contributed by atoms with van der Waals surface area (Å²) in [4.78, 5) is 13.0. The number of rotatable bonds is 6. The second-order valence-electron chi connectivity index (χ2n) is 5.11. The quantitative estimate of drug-likeness (QED) is 0.494. The summed E-state index contributed by atoms with van der Waals surface area (Å²) in [6.45, 7) is 5.58. The summed E-state index contributed by atoms with van der Waals surface area (Å²) in [5.74, 6) is 0.0178. The molecule has 0 spiro atoms. The topological polar surface area (TPSA) is 84.6 Å². The lowest BCUT2D eigenvalue weighted by Crippen LogP contribution is -3.15. The molecule has 7 nitrogen and oxygen atoms in total. The average Bonchev–Trinajstić information content (AvgIpc) is 2.53. The number of aromatic hydroxyl groups is 1. The Morgan fingerprint density at radius 1 is 1.52 bits per heavy atom. The van der Waals surface area contributed by atoms with Crippen LogP contribution in [0.2, 0.25) is 5.02 Å². The number of phenolic OH excluding ortho intramolecular Hbond substituents is 1. The first-order valence-corrected chi connectivity index (χ1v) is 7.86. The van der Waals surface area contributed by atoms with E-state index in [1.807, 2.05) is 6.92 Å². The highest BCUT2D eigenvalue weighted by Gasteiger charge is 2.17. The number of halogens is 1. The molecule has 1 fully saturated rings. The Labute approximate surface area is 139 Å². The van der Waals surface area contributed by atoms with Gasteiger partial charge < -0.3 is 19.5 Å². The number of ether oxygens (including phenoxy) is 2. The number of benzene rings is 1. The van der Waals surface area contributed by atoms with Crippen LogP contribution in [0.15, 0.2) is 17.2 Å². The second kappa shape index (κ2) is 8.71. The van der Waals surface area contributed by atoms with Crippen LogP contribution in [0.1, 0.15) is 12.5 Å². The molecule has 0 saturated carbocycles. The maximum absolute atomic E-state index is 11.8. The van der Waals surface area contributed by atoms with E-state index in [-0.39, 0.29) is 22.4 Å². The van der Waals surface area contributed by atoms with Crippen LogP contribution in [0.4, 0.5) is 0 Å². The van der Waals surface area contributed by atoms with Crippen LogP contribution in [-0.4, -0.2) is 56.7 Å². The van der Waals surface area contributed by atoms with Crippen molar-refractivity contribution in [2.24, 2.45) is 5.10 Å². The number of morpholine rings is 1. The summed E-state index contributed by atoms with van der Waals surface area (Å²) in [6, 6.07) is 3.15. The van der Waals surface area contributed by atoms with Gasteiger partial charge in [0, 0.05) is 0 Å². The molecule has 0 unspecified atom stereocenters. The third kappa shape index (κ3) is 5.38. The van der Waals surface area contributed by atoms with Gasteiger partial charge in [-0.15, -0.1) is 0 Å². The van der Waals surface area contributed by atoms with E-state index >= 15 is 0 Å². The van der Waals surface area contributed by atoms with Gasteiger partial charge in [0.1, 0.15) is 13.1 Å². The molecule has 1 heterocycles. The summed E-state index contributed by atoms with van der Waals surface area (Å²) in [7, 11) is 0. The minimum absolute atomic E-state index is 0.106. The van der Waals surface area contributed by atoms with Crippen LogP contribution >= 0.6 is 11.6 Å². The molecule has 8 heteroatoms. The maximum Gasteiger partial charge on any atom is 0.295 e. The van der Waals surface area contributed by atoms with Gasteiger partial charge in [0.15, 0.2) is 18.0 Å². The molecule has 1 aliphatic rings. The normalized spacial score (nSPS) is 15.7. The van der Waals surface area contributed by atoms with Crippen molar-refractivity contribution in [3.63, 3.8) is 0 Å². The molecular formula is C15H21ClN3O4+. The van der Waals surface area contributed by atoms with Crippen LogP contribution in [0.3, 0.4) is 0 Å². The molecule has 2 rings (SSSR count). The second-order valence-corrected chi connectivity index (χ2v) is 5.52. The summed E-state index contributed by atoms with van der Waals surface area (Å²) in [5.41, 5.74) is 3.11.